The van der Waals surface area contributed by atoms with Crippen molar-refractivity contribution in [2.45, 2.75) is 29.2 Å². The first-order chi connectivity index (χ1) is 16.3. The van der Waals surface area contributed by atoms with Gasteiger partial charge in [-0.2, -0.15) is 0 Å². The second kappa shape index (κ2) is 9.82. The van der Waals surface area contributed by atoms with Gasteiger partial charge < -0.3 is 21.3 Å². The fourth-order valence-corrected chi connectivity index (χ4v) is 5.89. The molecule has 5 N–H and O–H groups in total. The summed E-state index contributed by atoms with van der Waals surface area (Å²) < 4.78 is 1.09. The molecule has 2 aliphatic heterocycles. The molecule has 2 aliphatic rings. The van der Waals surface area contributed by atoms with E-state index in [1.807, 2.05) is 0 Å². The van der Waals surface area contributed by atoms with Gasteiger partial charge in [0.1, 0.15) is 29.7 Å². The Balaban J connectivity index is 1.45. The molecule has 0 bridgehead atoms. The number of tetrazole rings is 1. The van der Waals surface area contributed by atoms with E-state index in [0.717, 1.165) is 21.3 Å². The zero-order valence-electron chi connectivity index (χ0n) is 17.4. The van der Waals surface area contributed by atoms with Gasteiger partial charge in [0.15, 0.2) is 0 Å². The average molecular weight is 506 g/mol. The predicted octanol–water partition coefficient (Wildman–Crippen LogP) is -0.712. The summed E-state index contributed by atoms with van der Waals surface area (Å²) in [6.45, 7) is -0.436. The lowest BCUT2D eigenvalue weighted by molar-refractivity contribution is -0.150. The van der Waals surface area contributed by atoms with E-state index in [9.17, 15) is 24.3 Å². The van der Waals surface area contributed by atoms with E-state index >= 15 is 0 Å². The molecule has 34 heavy (non-hydrogen) atoms. The van der Waals surface area contributed by atoms with Crippen LogP contribution in [0.4, 0.5) is 0 Å². The number of carboxylic acid groups (broad SMARTS) is 2. The molecular formula is C19H19N7O6S2. The first-order valence-corrected chi connectivity index (χ1v) is 11.9. The normalized spacial score (nSPS) is 20.4. The van der Waals surface area contributed by atoms with Gasteiger partial charge in [-0.15, -0.1) is 16.9 Å². The Labute approximate surface area is 200 Å². The number of amides is 2. The van der Waals surface area contributed by atoms with E-state index in [4.69, 9.17) is 10.8 Å². The number of thioether (sulfide) groups is 2. The molecule has 0 aliphatic carbocycles. The van der Waals surface area contributed by atoms with Crippen LogP contribution in [0.1, 0.15) is 11.6 Å². The van der Waals surface area contributed by atoms with Gasteiger partial charge in [-0.05, 0) is 21.6 Å². The summed E-state index contributed by atoms with van der Waals surface area (Å²) in [5, 5.41) is 31.8. The molecule has 178 valence electrons. The van der Waals surface area contributed by atoms with Crippen LogP contribution >= 0.6 is 23.5 Å². The molecular weight excluding hydrogens is 486 g/mol. The Morgan fingerprint density at radius 1 is 1.26 bits per heavy atom. The molecule has 15 heteroatoms. The summed E-state index contributed by atoms with van der Waals surface area (Å²) in [4.78, 5) is 49.5. The SMILES string of the molecule is NC(C(=O)NC1C(=O)N2C(C(=O)O)=C(CSc3nnnn3CC(=O)O)CS[C@@H]12)c1ccccc1. The molecule has 1 saturated heterocycles. The fourth-order valence-electron chi connectivity index (χ4n) is 3.53. The third-order valence-electron chi connectivity index (χ3n) is 5.15. The molecule has 3 atom stereocenters. The maximum Gasteiger partial charge on any atom is 0.352 e. The Kier molecular flexibility index (Phi) is 6.85. The second-order valence-electron chi connectivity index (χ2n) is 7.34. The average Bonchev–Trinajstić information content (AvgIpc) is 3.26. The van der Waals surface area contributed by atoms with Gasteiger partial charge in [0, 0.05) is 11.5 Å². The summed E-state index contributed by atoms with van der Waals surface area (Å²) in [5.74, 6) is -3.03. The summed E-state index contributed by atoms with van der Waals surface area (Å²) in [7, 11) is 0. The Bertz CT molecular complexity index is 1170. The molecule has 2 unspecified atom stereocenters. The fraction of sp³-hybridized carbons (Fsp3) is 0.316. The number of aliphatic carboxylic acids is 2. The molecule has 0 saturated carbocycles. The van der Waals surface area contributed by atoms with Gasteiger partial charge in [0.2, 0.25) is 11.1 Å². The molecule has 4 rings (SSSR count). The highest BCUT2D eigenvalue weighted by atomic mass is 32.2. The van der Waals surface area contributed by atoms with Gasteiger partial charge in [-0.25, -0.2) is 9.48 Å². The van der Waals surface area contributed by atoms with Crippen molar-refractivity contribution in [2.24, 2.45) is 5.73 Å². The number of β-lactam (4-membered cyclic amide) rings is 1. The van der Waals surface area contributed by atoms with Crippen molar-refractivity contribution in [1.82, 2.24) is 30.4 Å². The predicted molar refractivity (Wildman–Crippen MR) is 119 cm³/mol. The van der Waals surface area contributed by atoms with Crippen LogP contribution in [0, 0.1) is 0 Å². The van der Waals surface area contributed by atoms with Crippen LogP contribution in [0.2, 0.25) is 0 Å². The molecule has 0 radical (unpaired) electrons. The number of carbonyl (C=O) groups excluding carboxylic acids is 2. The van der Waals surface area contributed by atoms with Gasteiger partial charge in [-0.3, -0.25) is 19.3 Å². The number of hydrogen-bond donors (Lipinski definition) is 4. The Morgan fingerprint density at radius 3 is 2.68 bits per heavy atom. The van der Waals surface area contributed by atoms with Crippen molar-refractivity contribution in [2.75, 3.05) is 11.5 Å². The number of aromatic nitrogens is 4. The van der Waals surface area contributed by atoms with Crippen LogP contribution < -0.4 is 11.1 Å². The van der Waals surface area contributed by atoms with E-state index in [2.05, 4.69) is 20.8 Å². The number of carbonyl (C=O) groups is 4. The quantitative estimate of drug-likeness (QED) is 0.247. The van der Waals surface area contributed by atoms with Gasteiger partial charge in [0.25, 0.3) is 5.91 Å². The number of carboxylic acids is 2. The first-order valence-electron chi connectivity index (χ1n) is 9.89. The van der Waals surface area contributed by atoms with E-state index in [0.29, 0.717) is 16.9 Å². The van der Waals surface area contributed by atoms with E-state index in [1.165, 1.54) is 11.8 Å². The minimum atomic E-state index is -1.27. The summed E-state index contributed by atoms with van der Waals surface area (Å²) >= 11 is 2.39. The summed E-state index contributed by atoms with van der Waals surface area (Å²) in [6.07, 6.45) is 0. The number of rotatable bonds is 9. The number of hydrogen-bond acceptors (Lipinski definition) is 10. The lowest BCUT2D eigenvalue weighted by Crippen LogP contribution is -2.71. The third-order valence-corrected chi connectivity index (χ3v) is 7.53. The lowest BCUT2D eigenvalue weighted by Gasteiger charge is -2.49. The minimum Gasteiger partial charge on any atom is -0.480 e. The second-order valence-corrected chi connectivity index (χ2v) is 9.39. The largest absolute Gasteiger partial charge is 0.480 e. The van der Waals surface area contributed by atoms with Gasteiger partial charge in [-0.1, -0.05) is 42.1 Å². The van der Waals surface area contributed by atoms with Crippen LogP contribution in [0.3, 0.4) is 0 Å². The maximum absolute atomic E-state index is 12.8. The van der Waals surface area contributed by atoms with Crippen molar-refractivity contribution in [3.63, 3.8) is 0 Å². The van der Waals surface area contributed by atoms with Crippen LogP contribution in [-0.4, -0.2) is 82.0 Å². The van der Waals surface area contributed by atoms with Crippen molar-refractivity contribution in [3.05, 3.63) is 47.2 Å². The zero-order chi connectivity index (χ0) is 24.4. The zero-order valence-corrected chi connectivity index (χ0v) is 19.0. The van der Waals surface area contributed by atoms with Crippen molar-refractivity contribution in [3.8, 4) is 0 Å². The molecule has 2 amide bonds. The molecule has 1 aromatic heterocycles. The van der Waals surface area contributed by atoms with Crippen molar-refractivity contribution < 1.29 is 29.4 Å². The molecule has 1 aromatic carbocycles. The Morgan fingerprint density at radius 2 is 2.00 bits per heavy atom. The number of benzene rings is 1. The number of nitrogens with two attached hydrogens (primary N) is 1. The molecule has 13 nitrogen and oxygen atoms in total. The third kappa shape index (κ3) is 4.62. The van der Waals surface area contributed by atoms with Crippen LogP contribution in [0.15, 0.2) is 46.8 Å². The molecule has 0 spiro atoms. The standard InChI is InChI=1S/C19H19N7O6S2/c20-12(9-4-2-1-3-5-9)15(29)21-13-16(30)26-14(18(31)32)10(7-33-17(13)26)8-34-19-22-23-24-25(19)6-11(27)28/h1-5,12-13,17H,6-8,20H2,(H,21,29)(H,27,28)(H,31,32)/t12?,13?,17-/m0/s1. The van der Waals surface area contributed by atoms with Crippen molar-refractivity contribution in [1.29, 1.82) is 0 Å². The molecule has 2 aromatic rings. The Hall–Kier alpha value is -3.43. The minimum absolute atomic E-state index is 0.140. The maximum atomic E-state index is 12.8. The molecule has 1 fully saturated rings. The van der Waals surface area contributed by atoms with Crippen LogP contribution in [0.25, 0.3) is 0 Å². The highest BCUT2D eigenvalue weighted by Crippen LogP contribution is 2.41. The first kappa shape index (κ1) is 23.7. The highest BCUT2D eigenvalue weighted by molar-refractivity contribution is 8.01. The van der Waals surface area contributed by atoms with E-state index < -0.39 is 47.8 Å². The van der Waals surface area contributed by atoms with E-state index in [-0.39, 0.29) is 16.6 Å². The highest BCUT2D eigenvalue weighted by Gasteiger charge is 2.54. The molecule has 3 heterocycles. The van der Waals surface area contributed by atoms with Crippen molar-refractivity contribution >= 4 is 47.3 Å². The smallest absolute Gasteiger partial charge is 0.352 e. The summed E-state index contributed by atoms with van der Waals surface area (Å²) in [6, 6.07) is 6.85. The monoisotopic (exact) mass is 505 g/mol. The topological polar surface area (TPSA) is 194 Å². The summed E-state index contributed by atoms with van der Waals surface area (Å²) in [5.41, 5.74) is 6.90. The van der Waals surface area contributed by atoms with Gasteiger partial charge in [0.05, 0.1) is 0 Å². The van der Waals surface area contributed by atoms with E-state index in [1.54, 1.807) is 30.3 Å². The number of nitrogens with one attached hydrogen (secondary N) is 1. The number of nitrogens with zero attached hydrogens (tertiary/aromatic N) is 5. The van der Waals surface area contributed by atoms with Crippen LogP contribution in [0.5, 0.6) is 0 Å². The number of fused-ring (bicyclic) bond motifs is 1. The van der Waals surface area contributed by atoms with Crippen LogP contribution in [-0.2, 0) is 25.7 Å². The van der Waals surface area contributed by atoms with Gasteiger partial charge >= 0.3 is 11.9 Å². The lowest BCUT2D eigenvalue weighted by atomic mass is 10.0.